The number of methoxy groups -OCH3 is 1. The van der Waals surface area contributed by atoms with Crippen LogP contribution >= 0.6 is 11.8 Å². The van der Waals surface area contributed by atoms with Gasteiger partial charge in [-0.15, -0.1) is 0 Å². The number of benzene rings is 3. The molecule has 0 amide bonds. The van der Waals surface area contributed by atoms with Gasteiger partial charge in [0.25, 0.3) is 5.78 Å². The van der Waals surface area contributed by atoms with Crippen LogP contribution in [0.15, 0.2) is 91.0 Å². The molecule has 1 atom stereocenters. The summed E-state index contributed by atoms with van der Waals surface area (Å²) in [6.45, 7) is 0. The van der Waals surface area contributed by atoms with Gasteiger partial charge in [0.1, 0.15) is 16.6 Å². The van der Waals surface area contributed by atoms with Crippen molar-refractivity contribution in [1.82, 2.24) is 0 Å². The van der Waals surface area contributed by atoms with E-state index in [-0.39, 0.29) is 0 Å². The number of anilines is 1. The second-order valence-corrected chi connectivity index (χ2v) is 7.19. The van der Waals surface area contributed by atoms with Crippen molar-refractivity contribution >= 4 is 40.1 Å². The number of ether oxygens (including phenoxy) is 1. The fourth-order valence-corrected chi connectivity index (χ4v) is 3.71. The van der Waals surface area contributed by atoms with E-state index in [9.17, 15) is 9.59 Å². The van der Waals surface area contributed by atoms with Crippen molar-refractivity contribution in [2.24, 2.45) is 0 Å². The van der Waals surface area contributed by atoms with Crippen LogP contribution in [0.3, 0.4) is 0 Å². The molecule has 0 saturated heterocycles. The average molecular weight is 405 g/mol. The fourth-order valence-electron chi connectivity index (χ4n) is 2.62. The maximum Gasteiger partial charge on any atom is 0.375 e. The van der Waals surface area contributed by atoms with E-state index in [0.717, 1.165) is 16.9 Å². The Hall–Kier alpha value is -3.38. The Morgan fingerprint density at radius 2 is 1.41 bits per heavy atom. The molecule has 0 aliphatic carbocycles. The maximum absolute atomic E-state index is 12.8. The van der Waals surface area contributed by atoms with E-state index >= 15 is 0 Å². The van der Waals surface area contributed by atoms with Gasteiger partial charge in [-0.2, -0.15) is 0 Å². The number of carbonyl (C=O) groups excluding carboxylic acids is 2. The third kappa shape index (κ3) is 5.80. The molecule has 0 fully saturated rings. The topological polar surface area (TPSA) is 69.4 Å². The molecule has 0 aromatic heterocycles. The first-order valence-electron chi connectivity index (χ1n) is 9.02. The Morgan fingerprint density at radius 3 is 2.00 bits per heavy atom. The van der Waals surface area contributed by atoms with E-state index in [2.05, 4.69) is 15.0 Å². The summed E-state index contributed by atoms with van der Waals surface area (Å²) in [6.07, 6.45) is 0. The van der Waals surface area contributed by atoms with Crippen LogP contribution in [0.1, 0.15) is 10.8 Å². The van der Waals surface area contributed by atoms with Gasteiger partial charge in [-0.3, -0.25) is 4.79 Å². The fraction of sp³-hybridized carbons (Fsp3) is 0.0870. The monoisotopic (exact) mass is 405 g/mol. The minimum atomic E-state index is -0.870. The molecule has 146 valence electrons. The van der Waals surface area contributed by atoms with E-state index in [0.29, 0.717) is 5.17 Å². The number of amidine groups is 1. The highest BCUT2D eigenvalue weighted by Crippen LogP contribution is 2.30. The molecule has 3 aromatic rings. The van der Waals surface area contributed by atoms with Crippen molar-refractivity contribution in [3.8, 4) is 0 Å². The largest absolute Gasteiger partial charge is 0.463 e. The van der Waals surface area contributed by atoms with Crippen molar-refractivity contribution in [2.45, 2.75) is 5.25 Å². The molecular formula is C23H21N2O3S+. The number of Topliss-reactive ketones (excluding diaryl/α,β-unsaturated/α-hetero) is 1. The standard InChI is InChI=1S/C23H20N2O3S/c1-28-22(27)20(26)21(17-11-5-2-6-12-17)29-23(24-18-13-7-3-8-14-18)25-19-15-9-4-10-16-19/h2-16,21H,1H3,(H,24,25)/p+1. The van der Waals surface area contributed by atoms with Crippen LogP contribution < -0.4 is 10.3 Å². The van der Waals surface area contributed by atoms with Gasteiger partial charge in [-0.05, 0) is 41.6 Å². The minimum absolute atomic E-state index is 0.619. The SMILES string of the molecule is COC(=O)C(=O)C(SC(Nc1ccccc1)=[NH+]c1ccccc1)c1ccccc1. The van der Waals surface area contributed by atoms with Crippen LogP contribution in [0.5, 0.6) is 0 Å². The zero-order valence-electron chi connectivity index (χ0n) is 15.9. The molecule has 0 aliphatic rings. The number of thioether (sulfide) groups is 1. The summed E-state index contributed by atoms with van der Waals surface area (Å²) >= 11 is 1.23. The van der Waals surface area contributed by atoms with Crippen molar-refractivity contribution in [3.05, 3.63) is 96.6 Å². The van der Waals surface area contributed by atoms with Crippen LogP contribution in [-0.2, 0) is 14.3 Å². The van der Waals surface area contributed by atoms with Crippen molar-refractivity contribution < 1.29 is 19.3 Å². The Balaban J connectivity index is 1.97. The van der Waals surface area contributed by atoms with Crippen LogP contribution in [0.2, 0.25) is 0 Å². The first kappa shape index (κ1) is 20.4. The zero-order chi connectivity index (χ0) is 20.5. The summed E-state index contributed by atoms with van der Waals surface area (Å²) in [5.41, 5.74) is 2.43. The van der Waals surface area contributed by atoms with Crippen LogP contribution in [0.4, 0.5) is 11.4 Å². The molecule has 1 unspecified atom stereocenters. The van der Waals surface area contributed by atoms with Crippen LogP contribution in [0.25, 0.3) is 0 Å². The van der Waals surface area contributed by atoms with Gasteiger partial charge < -0.3 is 4.74 Å². The number of hydrogen-bond acceptors (Lipinski definition) is 4. The second kappa shape index (κ2) is 10.2. The maximum atomic E-state index is 12.8. The molecule has 5 nitrogen and oxygen atoms in total. The molecular weight excluding hydrogens is 384 g/mol. The first-order chi connectivity index (χ1) is 14.2. The molecule has 0 radical (unpaired) electrons. The van der Waals surface area contributed by atoms with Gasteiger partial charge in [-0.1, -0.05) is 66.7 Å². The van der Waals surface area contributed by atoms with E-state index in [1.165, 1.54) is 18.9 Å². The highest BCUT2D eigenvalue weighted by Gasteiger charge is 2.32. The van der Waals surface area contributed by atoms with Gasteiger partial charge >= 0.3 is 11.1 Å². The van der Waals surface area contributed by atoms with Crippen molar-refractivity contribution in [1.29, 1.82) is 0 Å². The lowest BCUT2D eigenvalue weighted by Gasteiger charge is -2.14. The number of esters is 1. The normalized spacial score (nSPS) is 12.1. The lowest BCUT2D eigenvalue weighted by Crippen LogP contribution is -2.67. The zero-order valence-corrected chi connectivity index (χ0v) is 16.7. The van der Waals surface area contributed by atoms with Crippen LogP contribution in [0, 0.1) is 0 Å². The molecule has 0 bridgehead atoms. The van der Waals surface area contributed by atoms with Gasteiger partial charge in [0.15, 0.2) is 0 Å². The van der Waals surface area contributed by atoms with Gasteiger partial charge in [0, 0.05) is 0 Å². The van der Waals surface area contributed by atoms with Gasteiger partial charge in [-0.25, -0.2) is 15.1 Å². The predicted octanol–water partition coefficient (Wildman–Crippen LogP) is 3.08. The second-order valence-electron chi connectivity index (χ2n) is 6.08. The number of hydrogen-bond donors (Lipinski definition) is 2. The summed E-state index contributed by atoms with van der Waals surface area (Å²) in [7, 11) is 1.21. The Morgan fingerprint density at radius 1 is 0.862 bits per heavy atom. The smallest absolute Gasteiger partial charge is 0.375 e. The van der Waals surface area contributed by atoms with Gasteiger partial charge in [0.05, 0.1) is 7.11 Å². The van der Waals surface area contributed by atoms with Crippen molar-refractivity contribution in [2.75, 3.05) is 12.4 Å². The Labute approximate surface area is 173 Å². The molecule has 0 heterocycles. The average Bonchev–Trinajstić information content (AvgIpc) is 2.78. The lowest BCUT2D eigenvalue weighted by molar-refractivity contribution is -0.349. The molecule has 0 spiro atoms. The Bertz CT molecular complexity index is 977. The lowest BCUT2D eigenvalue weighted by atomic mass is 10.1. The third-order valence-corrected chi connectivity index (χ3v) is 5.19. The number of para-hydroxylation sites is 2. The number of carbonyl (C=O) groups is 2. The highest BCUT2D eigenvalue weighted by atomic mass is 32.2. The summed E-state index contributed by atoms with van der Waals surface area (Å²) in [6, 6.07) is 28.4. The summed E-state index contributed by atoms with van der Waals surface area (Å²) in [4.78, 5) is 28.0. The quantitative estimate of drug-likeness (QED) is 0.285. The van der Waals surface area contributed by atoms with E-state index in [1.807, 2.05) is 91.0 Å². The number of nitrogens with one attached hydrogen (secondary N) is 2. The molecule has 3 rings (SSSR count). The number of rotatable bonds is 6. The summed E-state index contributed by atoms with van der Waals surface area (Å²) in [5, 5.41) is 3.16. The van der Waals surface area contributed by atoms with E-state index in [1.54, 1.807) is 0 Å². The van der Waals surface area contributed by atoms with Gasteiger partial charge in [0.2, 0.25) is 0 Å². The predicted molar refractivity (Wildman–Crippen MR) is 116 cm³/mol. The van der Waals surface area contributed by atoms with E-state index in [4.69, 9.17) is 0 Å². The molecule has 29 heavy (non-hydrogen) atoms. The molecule has 2 N–H and O–H groups in total. The highest BCUT2D eigenvalue weighted by molar-refractivity contribution is 8.14. The third-order valence-electron chi connectivity index (χ3n) is 4.03. The van der Waals surface area contributed by atoms with Crippen LogP contribution in [-0.4, -0.2) is 24.0 Å². The molecule has 3 aromatic carbocycles. The summed E-state index contributed by atoms with van der Waals surface area (Å²) < 4.78 is 4.68. The van der Waals surface area contributed by atoms with Crippen molar-refractivity contribution in [3.63, 3.8) is 0 Å². The molecule has 0 saturated carbocycles. The Kier molecular flexibility index (Phi) is 7.19. The van der Waals surface area contributed by atoms with E-state index < -0.39 is 17.0 Å². The molecule has 0 aliphatic heterocycles. The first-order valence-corrected chi connectivity index (χ1v) is 9.90. The summed E-state index contributed by atoms with van der Waals surface area (Å²) in [5.74, 6) is -1.49. The number of ketones is 1. The molecule has 6 heteroatoms. The minimum Gasteiger partial charge on any atom is -0.463 e.